The maximum atomic E-state index is 12.2. The van der Waals surface area contributed by atoms with Crippen molar-refractivity contribution in [1.82, 2.24) is 4.72 Å². The van der Waals surface area contributed by atoms with Crippen LogP contribution >= 0.6 is 15.9 Å². The average Bonchev–Trinajstić information content (AvgIpc) is 2.06. The van der Waals surface area contributed by atoms with E-state index in [0.29, 0.717) is 15.7 Å². The van der Waals surface area contributed by atoms with Gasteiger partial charge in [0.1, 0.15) is 0 Å². The largest absolute Gasteiger partial charge is 0.398 e. The van der Waals surface area contributed by atoms with Crippen LogP contribution < -0.4 is 10.5 Å². The predicted octanol–water partition coefficient (Wildman–Crippen LogP) is 2.42. The van der Waals surface area contributed by atoms with Crippen molar-refractivity contribution in [1.29, 1.82) is 0 Å². The molecule has 0 aliphatic rings. The van der Waals surface area contributed by atoms with E-state index in [9.17, 15) is 8.42 Å². The Balaban J connectivity index is 3.30. The number of nitrogen functional groups attached to an aromatic ring is 1. The molecule has 0 saturated carbocycles. The number of aryl methyl sites for hydroxylation is 1. The van der Waals surface area contributed by atoms with Gasteiger partial charge in [-0.2, -0.15) is 0 Å². The zero-order chi connectivity index (χ0) is 13.4. The molecular formula is C11H17BrN2O2S. The van der Waals surface area contributed by atoms with Gasteiger partial charge in [-0.15, -0.1) is 0 Å². The zero-order valence-corrected chi connectivity index (χ0v) is 12.7. The first-order valence-electron chi connectivity index (χ1n) is 5.12. The van der Waals surface area contributed by atoms with Gasteiger partial charge in [0.05, 0.1) is 4.90 Å². The fourth-order valence-electron chi connectivity index (χ4n) is 1.42. The number of hydrogen-bond acceptors (Lipinski definition) is 3. The fraction of sp³-hybridized carbons (Fsp3) is 0.455. The number of anilines is 1. The first-order valence-corrected chi connectivity index (χ1v) is 7.40. The Kier molecular flexibility index (Phi) is 3.91. The van der Waals surface area contributed by atoms with E-state index >= 15 is 0 Å². The number of halogens is 1. The Hall–Kier alpha value is -0.590. The molecule has 3 N–H and O–H groups in total. The number of nitrogens with two attached hydrogens (primary N) is 1. The lowest BCUT2D eigenvalue weighted by Gasteiger charge is -2.21. The molecule has 1 aromatic rings. The highest BCUT2D eigenvalue weighted by atomic mass is 79.9. The van der Waals surface area contributed by atoms with E-state index in [4.69, 9.17) is 5.73 Å². The lowest BCUT2D eigenvalue weighted by atomic mass is 10.1. The summed E-state index contributed by atoms with van der Waals surface area (Å²) < 4.78 is 27.6. The Labute approximate surface area is 111 Å². The summed E-state index contributed by atoms with van der Waals surface area (Å²) in [5, 5.41) is 0. The molecule has 4 nitrogen and oxygen atoms in total. The third-order valence-corrected chi connectivity index (χ3v) is 4.61. The van der Waals surface area contributed by atoms with Crippen LogP contribution in [0.3, 0.4) is 0 Å². The van der Waals surface area contributed by atoms with Crippen molar-refractivity contribution in [3.8, 4) is 0 Å². The summed E-state index contributed by atoms with van der Waals surface area (Å²) in [4.78, 5) is 0.216. The second-order valence-corrected chi connectivity index (χ2v) is 7.50. The lowest BCUT2D eigenvalue weighted by Crippen LogP contribution is -2.40. The standard InChI is InChI=1S/C11H17BrN2O2S/c1-7-5-8(12)9(13)6-10(7)17(15,16)14-11(2,3)4/h5-6,14H,13H2,1-4H3. The van der Waals surface area contributed by atoms with E-state index in [1.807, 2.05) is 0 Å². The normalized spacial score (nSPS) is 12.8. The highest BCUT2D eigenvalue weighted by Gasteiger charge is 2.24. The van der Waals surface area contributed by atoms with Gasteiger partial charge >= 0.3 is 0 Å². The molecule has 1 rings (SSSR count). The minimum atomic E-state index is -3.54. The topological polar surface area (TPSA) is 72.2 Å². The van der Waals surface area contributed by atoms with Crippen molar-refractivity contribution in [3.05, 3.63) is 22.2 Å². The van der Waals surface area contributed by atoms with Crippen molar-refractivity contribution >= 4 is 31.6 Å². The molecule has 0 radical (unpaired) electrons. The molecule has 0 unspecified atom stereocenters. The van der Waals surface area contributed by atoms with Crippen LogP contribution in [-0.2, 0) is 10.0 Å². The van der Waals surface area contributed by atoms with Crippen molar-refractivity contribution in [2.24, 2.45) is 0 Å². The van der Waals surface area contributed by atoms with Crippen molar-refractivity contribution in [2.45, 2.75) is 38.1 Å². The Morgan fingerprint density at radius 3 is 2.29 bits per heavy atom. The summed E-state index contributed by atoms with van der Waals surface area (Å²) >= 11 is 3.27. The Bertz CT molecular complexity index is 533. The Morgan fingerprint density at radius 1 is 1.29 bits per heavy atom. The minimum absolute atomic E-state index is 0.216. The van der Waals surface area contributed by atoms with Gasteiger partial charge < -0.3 is 5.73 Å². The molecule has 1 aromatic carbocycles. The third-order valence-electron chi connectivity index (χ3n) is 2.02. The van der Waals surface area contributed by atoms with E-state index < -0.39 is 15.6 Å². The molecule has 0 spiro atoms. The molecule has 0 amide bonds. The summed E-state index contributed by atoms with van der Waals surface area (Å²) in [6.07, 6.45) is 0. The van der Waals surface area contributed by atoms with Crippen molar-refractivity contribution in [2.75, 3.05) is 5.73 Å². The van der Waals surface area contributed by atoms with Gasteiger partial charge in [0.2, 0.25) is 10.0 Å². The molecule has 6 heteroatoms. The smallest absolute Gasteiger partial charge is 0.241 e. The second-order valence-electron chi connectivity index (χ2n) is 4.99. The first kappa shape index (κ1) is 14.5. The molecule has 0 heterocycles. The fourth-order valence-corrected chi connectivity index (χ4v) is 3.56. The molecule has 0 aliphatic carbocycles. The van der Waals surface area contributed by atoms with Crippen LogP contribution in [0.5, 0.6) is 0 Å². The summed E-state index contributed by atoms with van der Waals surface area (Å²) in [6, 6.07) is 3.17. The molecule has 0 bridgehead atoms. The first-order chi connectivity index (χ1) is 7.53. The van der Waals surface area contributed by atoms with Gasteiger partial charge in [-0.3, -0.25) is 0 Å². The van der Waals surface area contributed by atoms with E-state index in [2.05, 4.69) is 20.7 Å². The number of hydrogen-bond donors (Lipinski definition) is 2. The molecule has 17 heavy (non-hydrogen) atoms. The van der Waals surface area contributed by atoms with Gasteiger partial charge in [-0.25, -0.2) is 13.1 Å². The van der Waals surface area contributed by atoms with Crippen LogP contribution in [-0.4, -0.2) is 14.0 Å². The van der Waals surface area contributed by atoms with Gasteiger partial charge in [0, 0.05) is 15.7 Å². The number of benzene rings is 1. The van der Waals surface area contributed by atoms with Crippen LogP contribution in [0.25, 0.3) is 0 Å². The van der Waals surface area contributed by atoms with Crippen LogP contribution in [0.1, 0.15) is 26.3 Å². The SMILES string of the molecule is Cc1cc(Br)c(N)cc1S(=O)(=O)NC(C)(C)C. The van der Waals surface area contributed by atoms with E-state index in [0.717, 1.165) is 0 Å². The van der Waals surface area contributed by atoms with Crippen LogP contribution in [0.4, 0.5) is 5.69 Å². The number of sulfonamides is 1. The van der Waals surface area contributed by atoms with Gasteiger partial charge in [-0.1, -0.05) is 0 Å². The van der Waals surface area contributed by atoms with Crippen LogP contribution in [0.15, 0.2) is 21.5 Å². The highest BCUT2D eigenvalue weighted by Crippen LogP contribution is 2.27. The summed E-state index contributed by atoms with van der Waals surface area (Å²) in [7, 11) is -3.54. The minimum Gasteiger partial charge on any atom is -0.398 e. The summed E-state index contributed by atoms with van der Waals surface area (Å²) in [6.45, 7) is 7.12. The number of nitrogens with one attached hydrogen (secondary N) is 1. The molecular weight excluding hydrogens is 304 g/mol. The second kappa shape index (κ2) is 4.59. The van der Waals surface area contributed by atoms with Crippen LogP contribution in [0.2, 0.25) is 0 Å². The van der Waals surface area contributed by atoms with E-state index in [1.165, 1.54) is 6.07 Å². The quantitative estimate of drug-likeness (QED) is 0.822. The average molecular weight is 321 g/mol. The third kappa shape index (κ3) is 3.69. The maximum absolute atomic E-state index is 12.2. The lowest BCUT2D eigenvalue weighted by molar-refractivity contribution is 0.491. The molecule has 0 atom stereocenters. The zero-order valence-electron chi connectivity index (χ0n) is 10.3. The molecule has 0 aliphatic heterocycles. The van der Waals surface area contributed by atoms with Crippen LogP contribution in [0, 0.1) is 6.92 Å². The van der Waals surface area contributed by atoms with E-state index in [-0.39, 0.29) is 4.90 Å². The molecule has 0 saturated heterocycles. The van der Waals surface area contributed by atoms with E-state index in [1.54, 1.807) is 33.8 Å². The van der Waals surface area contributed by atoms with Gasteiger partial charge in [0.15, 0.2) is 0 Å². The van der Waals surface area contributed by atoms with Crippen molar-refractivity contribution < 1.29 is 8.42 Å². The molecule has 0 fully saturated rings. The molecule has 96 valence electrons. The predicted molar refractivity (Wildman–Crippen MR) is 73.4 cm³/mol. The van der Waals surface area contributed by atoms with Gasteiger partial charge in [0.25, 0.3) is 0 Å². The monoisotopic (exact) mass is 320 g/mol. The summed E-state index contributed by atoms with van der Waals surface area (Å²) in [5.74, 6) is 0. The molecule has 0 aromatic heterocycles. The van der Waals surface area contributed by atoms with Crippen molar-refractivity contribution in [3.63, 3.8) is 0 Å². The summed E-state index contributed by atoms with van der Waals surface area (Å²) in [5.41, 5.74) is 6.25. The highest BCUT2D eigenvalue weighted by molar-refractivity contribution is 9.10. The van der Waals surface area contributed by atoms with Gasteiger partial charge in [-0.05, 0) is 61.3 Å². The maximum Gasteiger partial charge on any atom is 0.241 e. The Morgan fingerprint density at radius 2 is 1.82 bits per heavy atom. The number of rotatable bonds is 2.